The van der Waals surface area contributed by atoms with E-state index in [1.807, 2.05) is 20.8 Å². The van der Waals surface area contributed by atoms with Gasteiger partial charge in [-0.05, 0) is 50.7 Å². The molecule has 144 valence electrons. The zero-order chi connectivity index (χ0) is 19.9. The molecule has 0 spiro atoms. The quantitative estimate of drug-likeness (QED) is 0.801. The average molecular weight is 367 g/mol. The second-order valence-corrected chi connectivity index (χ2v) is 8.51. The summed E-state index contributed by atoms with van der Waals surface area (Å²) in [4.78, 5) is 26.0. The molecule has 4 heteroatoms. The summed E-state index contributed by atoms with van der Waals surface area (Å²) < 4.78 is 5.36. The molecule has 1 aliphatic carbocycles. The molecule has 27 heavy (non-hydrogen) atoms. The molecule has 0 fully saturated rings. The molecule has 1 N–H and O–H groups in total. The van der Waals surface area contributed by atoms with Crippen LogP contribution in [-0.4, -0.2) is 18.4 Å². The van der Waals surface area contributed by atoms with Gasteiger partial charge in [0.25, 0.3) is 0 Å². The number of esters is 1. The Balaban J connectivity index is 2.24. The summed E-state index contributed by atoms with van der Waals surface area (Å²) in [5.41, 5.74) is 6.13. The van der Waals surface area contributed by atoms with Crippen molar-refractivity contribution in [3.8, 4) is 0 Å². The van der Waals surface area contributed by atoms with Gasteiger partial charge in [0.05, 0.1) is 12.2 Å². The van der Waals surface area contributed by atoms with E-state index in [9.17, 15) is 9.59 Å². The Bertz CT molecular complexity index is 874. The molecule has 2 aliphatic rings. The molecule has 0 amide bonds. The number of carbonyl (C=O) groups is 2. The minimum atomic E-state index is -0.371. The van der Waals surface area contributed by atoms with E-state index in [4.69, 9.17) is 4.74 Å². The minimum absolute atomic E-state index is 0.0865. The topological polar surface area (TPSA) is 55.4 Å². The van der Waals surface area contributed by atoms with Crippen LogP contribution in [0.1, 0.15) is 63.1 Å². The first-order chi connectivity index (χ1) is 12.6. The van der Waals surface area contributed by atoms with Crippen molar-refractivity contribution in [2.75, 3.05) is 6.61 Å². The molecule has 0 saturated carbocycles. The molecule has 1 atom stereocenters. The maximum absolute atomic E-state index is 13.2. The monoisotopic (exact) mass is 367 g/mol. The van der Waals surface area contributed by atoms with E-state index >= 15 is 0 Å². The Morgan fingerprint density at radius 3 is 2.59 bits per heavy atom. The number of nitrogens with one attached hydrogen (secondary N) is 1. The number of carbonyl (C=O) groups excluding carboxylic acids is 2. The lowest BCUT2D eigenvalue weighted by molar-refractivity contribution is -0.138. The molecular weight excluding hydrogens is 338 g/mol. The molecule has 0 aromatic heterocycles. The smallest absolute Gasteiger partial charge is 0.336 e. The first-order valence-electron chi connectivity index (χ1n) is 9.63. The van der Waals surface area contributed by atoms with Crippen LogP contribution in [0.4, 0.5) is 0 Å². The molecule has 3 rings (SSSR count). The molecule has 1 aromatic rings. The van der Waals surface area contributed by atoms with E-state index in [1.54, 1.807) is 6.92 Å². The van der Waals surface area contributed by atoms with Gasteiger partial charge in [-0.25, -0.2) is 4.79 Å². The predicted molar refractivity (Wildman–Crippen MR) is 106 cm³/mol. The molecular formula is C23H29NO3. The summed E-state index contributed by atoms with van der Waals surface area (Å²) in [5.74, 6) is -0.602. The number of aryl methyl sites for hydroxylation is 2. The fourth-order valence-electron chi connectivity index (χ4n) is 4.30. The van der Waals surface area contributed by atoms with Crippen LogP contribution >= 0.6 is 0 Å². The first-order valence-corrected chi connectivity index (χ1v) is 9.63. The summed E-state index contributed by atoms with van der Waals surface area (Å²) in [6.45, 7) is 12.3. The summed E-state index contributed by atoms with van der Waals surface area (Å²) >= 11 is 0. The highest BCUT2D eigenvalue weighted by Gasteiger charge is 2.43. The lowest BCUT2D eigenvalue weighted by Crippen LogP contribution is -2.38. The largest absolute Gasteiger partial charge is 0.463 e. The number of ether oxygens (including phenoxy) is 1. The number of rotatable bonds is 3. The zero-order valence-electron chi connectivity index (χ0n) is 17.2. The van der Waals surface area contributed by atoms with Crippen molar-refractivity contribution in [2.24, 2.45) is 5.41 Å². The highest BCUT2D eigenvalue weighted by Crippen LogP contribution is 2.47. The molecule has 1 aliphatic heterocycles. The van der Waals surface area contributed by atoms with Crippen molar-refractivity contribution >= 4 is 11.8 Å². The van der Waals surface area contributed by atoms with Gasteiger partial charge in [0.1, 0.15) is 0 Å². The van der Waals surface area contributed by atoms with Crippen molar-refractivity contribution < 1.29 is 14.3 Å². The molecule has 4 nitrogen and oxygen atoms in total. The Morgan fingerprint density at radius 2 is 1.93 bits per heavy atom. The van der Waals surface area contributed by atoms with Gasteiger partial charge in [-0.15, -0.1) is 0 Å². The standard InChI is InChI=1S/C23H29NO3/c1-7-27-22(26)19-15(4)24-17-11-23(5,6)12-18(25)21(17)20(19)16-10-13(2)8-9-14(16)3/h8-10,20,24H,7,11-12H2,1-6H3. The van der Waals surface area contributed by atoms with Gasteiger partial charge in [-0.2, -0.15) is 0 Å². The first kappa shape index (κ1) is 19.4. The van der Waals surface area contributed by atoms with E-state index in [0.29, 0.717) is 18.6 Å². The predicted octanol–water partition coefficient (Wildman–Crippen LogP) is 4.47. The van der Waals surface area contributed by atoms with Crippen LogP contribution in [0.3, 0.4) is 0 Å². The van der Waals surface area contributed by atoms with Gasteiger partial charge in [-0.1, -0.05) is 37.6 Å². The lowest BCUT2D eigenvalue weighted by atomic mass is 9.68. The van der Waals surface area contributed by atoms with Gasteiger partial charge in [0, 0.05) is 29.3 Å². The summed E-state index contributed by atoms with van der Waals surface area (Å²) in [7, 11) is 0. The van der Waals surface area contributed by atoms with Crippen molar-refractivity contribution in [3.05, 3.63) is 57.4 Å². The number of Topliss-reactive ketones (excluding diaryl/α,β-unsaturated/α-hetero) is 1. The van der Waals surface area contributed by atoms with E-state index in [0.717, 1.165) is 40.1 Å². The van der Waals surface area contributed by atoms with E-state index < -0.39 is 0 Å². The van der Waals surface area contributed by atoms with Crippen LogP contribution in [-0.2, 0) is 14.3 Å². The Labute approximate surface area is 161 Å². The maximum Gasteiger partial charge on any atom is 0.336 e. The van der Waals surface area contributed by atoms with Gasteiger partial charge >= 0.3 is 5.97 Å². The zero-order valence-corrected chi connectivity index (χ0v) is 17.2. The van der Waals surface area contributed by atoms with Gasteiger partial charge in [0.15, 0.2) is 5.78 Å². The molecule has 0 saturated heterocycles. The van der Waals surface area contributed by atoms with Gasteiger partial charge in [0.2, 0.25) is 0 Å². The molecule has 1 heterocycles. The lowest BCUT2D eigenvalue weighted by Gasteiger charge is -2.39. The Morgan fingerprint density at radius 1 is 1.22 bits per heavy atom. The van der Waals surface area contributed by atoms with E-state index in [1.165, 1.54) is 0 Å². The maximum atomic E-state index is 13.2. The number of hydrogen-bond acceptors (Lipinski definition) is 4. The second kappa shape index (κ2) is 6.99. The van der Waals surface area contributed by atoms with Crippen LogP contribution < -0.4 is 5.32 Å². The molecule has 1 aromatic carbocycles. The fraction of sp³-hybridized carbons (Fsp3) is 0.478. The number of ketones is 1. The van der Waals surface area contributed by atoms with Crippen molar-refractivity contribution in [1.82, 2.24) is 5.32 Å². The molecule has 0 bridgehead atoms. The van der Waals surface area contributed by atoms with E-state index in [-0.39, 0.29) is 23.1 Å². The van der Waals surface area contributed by atoms with Crippen LogP contribution in [0.2, 0.25) is 0 Å². The molecule has 0 radical (unpaired) electrons. The third-order valence-electron chi connectivity index (χ3n) is 5.48. The average Bonchev–Trinajstić information content (AvgIpc) is 2.54. The van der Waals surface area contributed by atoms with Crippen molar-refractivity contribution in [1.29, 1.82) is 0 Å². The SMILES string of the molecule is CCOC(=O)C1=C(C)NC2=C(C(=O)CC(C)(C)C2)C1c1cc(C)ccc1C. The Kier molecular flexibility index (Phi) is 5.02. The number of hydrogen-bond donors (Lipinski definition) is 1. The molecule has 1 unspecified atom stereocenters. The van der Waals surface area contributed by atoms with Crippen molar-refractivity contribution in [2.45, 2.75) is 60.3 Å². The third kappa shape index (κ3) is 3.58. The van der Waals surface area contributed by atoms with Crippen LogP contribution in [0, 0.1) is 19.3 Å². The van der Waals surface area contributed by atoms with Crippen LogP contribution in [0.25, 0.3) is 0 Å². The van der Waals surface area contributed by atoms with Crippen molar-refractivity contribution in [3.63, 3.8) is 0 Å². The highest BCUT2D eigenvalue weighted by molar-refractivity contribution is 6.04. The summed E-state index contributed by atoms with van der Waals surface area (Å²) in [6.07, 6.45) is 1.28. The number of allylic oxidation sites excluding steroid dienone is 3. The fourth-order valence-corrected chi connectivity index (χ4v) is 4.30. The van der Waals surface area contributed by atoms with E-state index in [2.05, 4.69) is 37.4 Å². The van der Waals surface area contributed by atoms with Crippen LogP contribution in [0.15, 0.2) is 40.7 Å². The van der Waals surface area contributed by atoms with Crippen LogP contribution in [0.5, 0.6) is 0 Å². The van der Waals surface area contributed by atoms with Gasteiger partial charge in [-0.3, -0.25) is 4.79 Å². The normalized spacial score (nSPS) is 21.7. The van der Waals surface area contributed by atoms with Gasteiger partial charge < -0.3 is 10.1 Å². The summed E-state index contributed by atoms with van der Waals surface area (Å²) in [5, 5.41) is 3.37. The number of dihydropyridines is 1. The Hall–Kier alpha value is -2.36. The minimum Gasteiger partial charge on any atom is -0.463 e. The second-order valence-electron chi connectivity index (χ2n) is 8.51. The number of benzene rings is 1. The summed E-state index contributed by atoms with van der Waals surface area (Å²) in [6, 6.07) is 6.21. The third-order valence-corrected chi connectivity index (χ3v) is 5.48. The highest BCUT2D eigenvalue weighted by atomic mass is 16.5.